The summed E-state index contributed by atoms with van der Waals surface area (Å²) in [7, 11) is 0. The molecule has 2 atom stereocenters. The predicted molar refractivity (Wildman–Crippen MR) is 81.7 cm³/mol. The fourth-order valence-electron chi connectivity index (χ4n) is 1.71. The van der Waals surface area contributed by atoms with Crippen molar-refractivity contribution in [2.75, 3.05) is 5.73 Å². The zero-order chi connectivity index (χ0) is 17.8. The van der Waals surface area contributed by atoms with E-state index in [-0.39, 0.29) is 11.4 Å². The highest BCUT2D eigenvalue weighted by Crippen LogP contribution is 2.23. The van der Waals surface area contributed by atoms with Gasteiger partial charge in [0.25, 0.3) is 0 Å². The molecule has 0 saturated carbocycles. The van der Waals surface area contributed by atoms with Crippen LogP contribution in [0.3, 0.4) is 0 Å². The van der Waals surface area contributed by atoms with Gasteiger partial charge < -0.3 is 25.6 Å². The van der Waals surface area contributed by atoms with Crippen LogP contribution in [-0.2, 0) is 9.53 Å². The number of anilines is 1. The Kier molecular flexibility index (Phi) is 5.78. The maximum atomic E-state index is 13.0. The van der Waals surface area contributed by atoms with Crippen LogP contribution in [0.15, 0.2) is 18.2 Å². The topological polar surface area (TPSA) is 111 Å². The molecule has 0 saturated heterocycles. The van der Waals surface area contributed by atoms with Crippen molar-refractivity contribution >= 4 is 17.7 Å². The highest BCUT2D eigenvalue weighted by atomic mass is 19.1. The fraction of sp³-hybridized carbons (Fsp3) is 0.467. The number of hydrogen-bond acceptors (Lipinski definition) is 5. The van der Waals surface area contributed by atoms with Gasteiger partial charge in [0.15, 0.2) is 6.04 Å². The van der Waals surface area contributed by atoms with Crippen LogP contribution in [0.1, 0.15) is 27.7 Å². The fourth-order valence-corrected chi connectivity index (χ4v) is 1.71. The molecule has 0 unspecified atom stereocenters. The molecule has 0 aliphatic carbocycles. The maximum absolute atomic E-state index is 13.0. The third kappa shape index (κ3) is 6.01. The van der Waals surface area contributed by atoms with Crippen LogP contribution < -0.4 is 15.8 Å². The average molecular weight is 328 g/mol. The van der Waals surface area contributed by atoms with E-state index in [0.717, 1.165) is 12.1 Å². The molecule has 0 aliphatic rings. The summed E-state index contributed by atoms with van der Waals surface area (Å²) in [6.45, 7) is 6.41. The lowest BCUT2D eigenvalue weighted by Crippen LogP contribution is -2.51. The summed E-state index contributed by atoms with van der Waals surface area (Å²) in [6.07, 6.45) is -1.85. The molecule has 128 valence electrons. The molecular formula is C15H21FN2O5. The highest BCUT2D eigenvalue weighted by Gasteiger charge is 2.30. The minimum atomic E-state index is -1.37. The Labute approximate surface area is 133 Å². The normalized spacial score (nSPS) is 13.8. The van der Waals surface area contributed by atoms with Gasteiger partial charge in [-0.25, -0.2) is 14.0 Å². The Morgan fingerprint density at radius 1 is 1.35 bits per heavy atom. The number of halogens is 1. The second-order valence-electron chi connectivity index (χ2n) is 5.97. The summed E-state index contributed by atoms with van der Waals surface area (Å²) >= 11 is 0. The Morgan fingerprint density at radius 2 is 1.96 bits per heavy atom. The standard InChI is InChI=1S/C15H21FN2O5/c1-8(22-11-6-5-9(16)7-10(11)17)12(13(19)20)18-14(21)23-15(2,3)4/h5-8,12H,17H2,1-4H3,(H,18,21)(H,19,20)/t8-,12+/m1/s1. The summed E-state index contributed by atoms with van der Waals surface area (Å²) in [6, 6.07) is 2.11. The van der Waals surface area contributed by atoms with E-state index in [9.17, 15) is 19.1 Å². The molecule has 0 heterocycles. The van der Waals surface area contributed by atoms with Gasteiger partial charge in [0, 0.05) is 6.07 Å². The number of carbonyl (C=O) groups is 2. The summed E-state index contributed by atoms with van der Waals surface area (Å²) in [5.74, 6) is -1.72. The van der Waals surface area contributed by atoms with Crippen molar-refractivity contribution in [3.05, 3.63) is 24.0 Å². The minimum absolute atomic E-state index is 0.0262. The first-order valence-electron chi connectivity index (χ1n) is 6.93. The number of alkyl carbamates (subject to hydrolysis) is 1. The Balaban J connectivity index is 2.80. The molecule has 4 N–H and O–H groups in total. The number of carbonyl (C=O) groups excluding carboxylic acids is 1. The van der Waals surface area contributed by atoms with Crippen LogP contribution in [0.25, 0.3) is 0 Å². The first kappa shape index (κ1) is 18.5. The van der Waals surface area contributed by atoms with Crippen molar-refractivity contribution in [2.45, 2.75) is 45.4 Å². The summed E-state index contributed by atoms with van der Waals surface area (Å²) in [4.78, 5) is 23.0. The van der Waals surface area contributed by atoms with Gasteiger partial charge in [-0.1, -0.05) is 0 Å². The van der Waals surface area contributed by atoms with E-state index in [1.807, 2.05) is 0 Å². The van der Waals surface area contributed by atoms with E-state index in [1.165, 1.54) is 13.0 Å². The number of nitrogens with one attached hydrogen (secondary N) is 1. The number of nitrogens with two attached hydrogens (primary N) is 1. The number of amides is 1. The Bertz CT molecular complexity index is 586. The predicted octanol–water partition coefficient (Wildman–Crippen LogP) is 2.15. The number of carboxylic acids is 1. The zero-order valence-corrected chi connectivity index (χ0v) is 13.4. The van der Waals surface area contributed by atoms with E-state index in [1.54, 1.807) is 20.8 Å². The monoisotopic (exact) mass is 328 g/mol. The van der Waals surface area contributed by atoms with Crippen LogP contribution >= 0.6 is 0 Å². The van der Waals surface area contributed by atoms with E-state index >= 15 is 0 Å². The molecule has 0 radical (unpaired) electrons. The van der Waals surface area contributed by atoms with Gasteiger partial charge in [-0.3, -0.25) is 0 Å². The van der Waals surface area contributed by atoms with Crippen molar-refractivity contribution < 1.29 is 28.6 Å². The van der Waals surface area contributed by atoms with E-state index < -0.39 is 35.6 Å². The molecular weight excluding hydrogens is 307 g/mol. The number of benzene rings is 1. The number of hydrogen-bond donors (Lipinski definition) is 3. The van der Waals surface area contributed by atoms with Crippen molar-refractivity contribution in [3.8, 4) is 5.75 Å². The first-order chi connectivity index (χ1) is 10.5. The lowest BCUT2D eigenvalue weighted by molar-refractivity contribution is -0.141. The molecule has 0 spiro atoms. The number of rotatable bonds is 5. The van der Waals surface area contributed by atoms with Crippen molar-refractivity contribution in [2.24, 2.45) is 0 Å². The molecule has 1 rings (SSSR count). The summed E-state index contributed by atoms with van der Waals surface area (Å²) in [5, 5.41) is 11.5. The van der Waals surface area contributed by atoms with Gasteiger partial charge in [0.05, 0.1) is 5.69 Å². The van der Waals surface area contributed by atoms with Gasteiger partial charge >= 0.3 is 12.1 Å². The molecule has 0 fully saturated rings. The van der Waals surface area contributed by atoms with Crippen molar-refractivity contribution in [1.29, 1.82) is 0 Å². The average Bonchev–Trinajstić information content (AvgIpc) is 2.36. The molecule has 1 aromatic carbocycles. The number of aliphatic carboxylic acids is 1. The quantitative estimate of drug-likeness (QED) is 0.714. The lowest BCUT2D eigenvalue weighted by Gasteiger charge is -2.25. The van der Waals surface area contributed by atoms with Gasteiger partial charge in [-0.15, -0.1) is 0 Å². The number of nitrogen functional groups attached to an aromatic ring is 1. The number of carboxylic acid groups (broad SMARTS) is 1. The lowest BCUT2D eigenvalue weighted by atomic mass is 10.1. The van der Waals surface area contributed by atoms with Crippen LogP contribution in [0.2, 0.25) is 0 Å². The Morgan fingerprint density at radius 3 is 2.43 bits per heavy atom. The highest BCUT2D eigenvalue weighted by molar-refractivity contribution is 5.80. The van der Waals surface area contributed by atoms with Crippen LogP contribution in [-0.4, -0.2) is 34.9 Å². The van der Waals surface area contributed by atoms with Gasteiger partial charge in [0.2, 0.25) is 0 Å². The largest absolute Gasteiger partial charge is 0.486 e. The van der Waals surface area contributed by atoms with Crippen LogP contribution in [0, 0.1) is 5.82 Å². The molecule has 8 heteroatoms. The molecule has 1 aromatic rings. The maximum Gasteiger partial charge on any atom is 0.408 e. The SMILES string of the molecule is C[C@@H](Oc1ccc(F)cc1N)[C@H](NC(=O)OC(C)(C)C)C(=O)O. The molecule has 0 aromatic heterocycles. The molecule has 0 aliphatic heterocycles. The van der Waals surface area contributed by atoms with Crippen LogP contribution in [0.5, 0.6) is 5.75 Å². The van der Waals surface area contributed by atoms with Gasteiger partial charge in [0.1, 0.15) is 23.3 Å². The second-order valence-corrected chi connectivity index (χ2v) is 5.97. The van der Waals surface area contributed by atoms with E-state index in [2.05, 4.69) is 5.32 Å². The Hall–Kier alpha value is -2.51. The first-order valence-corrected chi connectivity index (χ1v) is 6.93. The number of ether oxygens (including phenoxy) is 2. The molecule has 1 amide bonds. The molecule has 23 heavy (non-hydrogen) atoms. The minimum Gasteiger partial charge on any atom is -0.486 e. The van der Waals surface area contributed by atoms with Crippen molar-refractivity contribution in [3.63, 3.8) is 0 Å². The zero-order valence-electron chi connectivity index (χ0n) is 13.4. The van der Waals surface area contributed by atoms with E-state index in [4.69, 9.17) is 15.2 Å². The van der Waals surface area contributed by atoms with Gasteiger partial charge in [-0.2, -0.15) is 0 Å². The second kappa shape index (κ2) is 7.17. The smallest absolute Gasteiger partial charge is 0.408 e. The molecule has 7 nitrogen and oxygen atoms in total. The van der Waals surface area contributed by atoms with Crippen molar-refractivity contribution in [1.82, 2.24) is 5.32 Å². The third-order valence-corrected chi connectivity index (χ3v) is 2.69. The summed E-state index contributed by atoms with van der Waals surface area (Å²) in [5.41, 5.74) is 4.87. The van der Waals surface area contributed by atoms with E-state index in [0.29, 0.717) is 0 Å². The molecule has 0 bridgehead atoms. The summed E-state index contributed by atoms with van der Waals surface area (Å²) < 4.78 is 23.4. The van der Waals surface area contributed by atoms with Crippen LogP contribution in [0.4, 0.5) is 14.9 Å². The van der Waals surface area contributed by atoms with Gasteiger partial charge in [-0.05, 0) is 39.8 Å². The third-order valence-electron chi connectivity index (χ3n) is 2.69.